The van der Waals surface area contributed by atoms with E-state index < -0.39 is 0 Å². The number of hydrogen-bond acceptors (Lipinski definition) is 2. The van der Waals surface area contributed by atoms with Crippen molar-refractivity contribution in [2.45, 2.75) is 0 Å². The molecular weight excluding hydrogens is 90.1 g/mol. The van der Waals surface area contributed by atoms with Crippen molar-refractivity contribution in [3.05, 3.63) is 24.5 Å². The molecule has 0 radical (unpaired) electrons. The molecule has 0 aliphatic carbocycles. The molecule has 34 valence electrons. The van der Waals surface area contributed by atoms with Crippen LogP contribution in [-0.2, 0) is 0 Å². The van der Waals surface area contributed by atoms with Gasteiger partial charge in [-0.05, 0) is 12.1 Å². The lowest BCUT2D eigenvalue weighted by atomic mass is 10.6. The minimum Gasteiger partial charge on any atom is -0.500 e. The Labute approximate surface area is 41.4 Å². The van der Waals surface area contributed by atoms with Gasteiger partial charge >= 0.3 is 0 Å². The topological polar surface area (TPSA) is 33.1 Å². The van der Waals surface area contributed by atoms with Gasteiger partial charge in [0.25, 0.3) is 0 Å². The summed E-state index contributed by atoms with van der Waals surface area (Å²) < 4.78 is 0. The largest absolute Gasteiger partial charge is 0.500 e. The van der Waals surface area contributed by atoms with E-state index in [1.165, 1.54) is 12.4 Å². The van der Waals surface area contributed by atoms with Crippen LogP contribution in [0.15, 0.2) is 12.4 Å². The van der Waals surface area contributed by atoms with Crippen LogP contribution in [0.3, 0.4) is 0 Å². The lowest BCUT2D eigenvalue weighted by Gasteiger charge is -1.75. The van der Waals surface area contributed by atoms with Gasteiger partial charge in [-0.2, -0.15) is 0 Å². The van der Waals surface area contributed by atoms with Crippen molar-refractivity contribution >= 4 is 0 Å². The summed E-state index contributed by atoms with van der Waals surface area (Å²) in [6, 6.07) is 4.87. The van der Waals surface area contributed by atoms with Gasteiger partial charge < -0.3 is 5.11 Å². The van der Waals surface area contributed by atoms with E-state index in [0.717, 1.165) is 0 Å². The van der Waals surface area contributed by atoms with Gasteiger partial charge in [-0.3, -0.25) is 4.98 Å². The first kappa shape index (κ1) is 3.94. The summed E-state index contributed by atoms with van der Waals surface area (Å²) in [6.45, 7) is 0. The highest BCUT2D eigenvalue weighted by Gasteiger charge is 1.73. The molecule has 0 aliphatic heterocycles. The molecule has 0 aliphatic rings. The van der Waals surface area contributed by atoms with Crippen LogP contribution < -0.4 is 0 Å². The molecule has 1 heterocycles. The van der Waals surface area contributed by atoms with Gasteiger partial charge in [0, 0.05) is 0 Å². The zero-order chi connectivity index (χ0) is 5.11. The molecule has 0 bridgehead atoms. The fourth-order valence-corrected chi connectivity index (χ4v) is 0.284. The molecule has 0 unspecified atom stereocenters. The van der Waals surface area contributed by atoms with Crippen molar-refractivity contribution in [2.75, 3.05) is 0 Å². The molecule has 0 atom stereocenters. The van der Waals surface area contributed by atoms with Crippen molar-refractivity contribution in [3.63, 3.8) is 0 Å². The molecule has 1 aromatic heterocycles. The third-order valence-electron chi connectivity index (χ3n) is 0.536. The first-order chi connectivity index (χ1) is 3.39. The fourth-order valence-electron chi connectivity index (χ4n) is 0.284. The summed E-state index contributed by atoms with van der Waals surface area (Å²) in [5, 5.41) is 8.48. The Morgan fingerprint density at radius 1 is 1.71 bits per heavy atom. The molecule has 2 nitrogen and oxygen atoms in total. The van der Waals surface area contributed by atoms with Gasteiger partial charge in [-0.25, -0.2) is 0 Å². The number of aromatic hydroxyl groups is 1. The summed E-state index contributed by atoms with van der Waals surface area (Å²) >= 11 is 0. The lowest BCUT2D eigenvalue weighted by Crippen LogP contribution is -1.61. The molecule has 0 spiro atoms. The van der Waals surface area contributed by atoms with Crippen LogP contribution in [0.25, 0.3) is 0 Å². The smallest absolute Gasteiger partial charge is 0.186 e. The zero-order valence-corrected chi connectivity index (χ0v) is 3.55. The Kier molecular flexibility index (Phi) is 0.833. The average Bonchev–Trinajstić information content (AvgIpc) is 1.69. The van der Waals surface area contributed by atoms with Crippen molar-refractivity contribution < 1.29 is 5.11 Å². The average molecular weight is 93.1 g/mol. The molecule has 0 amide bonds. The summed E-state index contributed by atoms with van der Waals surface area (Å²) in [7, 11) is 0. The number of nitrogens with zero attached hydrogens (tertiary/aromatic N) is 1. The third kappa shape index (κ3) is 0.799. The lowest BCUT2D eigenvalue weighted by molar-refractivity contribution is 0.473. The van der Waals surface area contributed by atoms with Crippen LogP contribution in [-0.4, -0.2) is 10.1 Å². The second-order valence-corrected chi connectivity index (χ2v) is 1.06. The van der Waals surface area contributed by atoms with E-state index in [2.05, 4.69) is 17.1 Å². The Morgan fingerprint density at radius 3 is 2.86 bits per heavy atom. The first-order valence-electron chi connectivity index (χ1n) is 1.82. The Bertz CT molecular complexity index is 138. The standard InChI is InChI=1S/C5H3NO/c7-5-2-1-3-6-4-5/h3-4,7H. The van der Waals surface area contributed by atoms with Crippen LogP contribution in [0.5, 0.6) is 5.75 Å². The normalized spacial score (nSPS) is 7.43. The van der Waals surface area contributed by atoms with E-state index in [-0.39, 0.29) is 5.75 Å². The van der Waals surface area contributed by atoms with Crippen molar-refractivity contribution in [2.24, 2.45) is 0 Å². The van der Waals surface area contributed by atoms with Crippen LogP contribution in [0, 0.1) is 12.1 Å². The highest BCUT2D eigenvalue weighted by molar-refractivity contribution is 5.04. The maximum atomic E-state index is 8.48. The van der Waals surface area contributed by atoms with E-state index in [1.54, 1.807) is 0 Å². The highest BCUT2D eigenvalue weighted by atomic mass is 16.3. The van der Waals surface area contributed by atoms with Crippen LogP contribution in [0.4, 0.5) is 0 Å². The summed E-state index contributed by atoms with van der Waals surface area (Å²) in [5.41, 5.74) is 0. The van der Waals surface area contributed by atoms with Crippen molar-refractivity contribution in [1.29, 1.82) is 0 Å². The van der Waals surface area contributed by atoms with Crippen LogP contribution >= 0.6 is 0 Å². The van der Waals surface area contributed by atoms with Crippen LogP contribution in [0.2, 0.25) is 0 Å². The highest BCUT2D eigenvalue weighted by Crippen LogP contribution is 1.93. The molecule has 1 rings (SSSR count). The van der Waals surface area contributed by atoms with Gasteiger partial charge in [0.2, 0.25) is 0 Å². The SMILES string of the molecule is Oc1c#ccnc1. The molecule has 7 heavy (non-hydrogen) atoms. The van der Waals surface area contributed by atoms with Crippen LogP contribution in [0.1, 0.15) is 0 Å². The number of rotatable bonds is 0. The molecule has 2 heteroatoms. The molecule has 1 aromatic rings. The van der Waals surface area contributed by atoms with Crippen molar-refractivity contribution in [1.82, 2.24) is 4.98 Å². The Hall–Kier alpha value is -1.23. The van der Waals surface area contributed by atoms with Crippen molar-refractivity contribution in [3.8, 4) is 5.75 Å². The first-order valence-corrected chi connectivity index (χ1v) is 1.82. The molecule has 0 fully saturated rings. The third-order valence-corrected chi connectivity index (χ3v) is 0.536. The maximum Gasteiger partial charge on any atom is 0.186 e. The van der Waals surface area contributed by atoms with E-state index >= 15 is 0 Å². The summed E-state index contributed by atoms with van der Waals surface area (Å²) in [4.78, 5) is 3.55. The van der Waals surface area contributed by atoms with Gasteiger partial charge in [0.05, 0.1) is 12.4 Å². The van der Waals surface area contributed by atoms with Gasteiger partial charge in [-0.15, -0.1) is 0 Å². The monoisotopic (exact) mass is 93.0 g/mol. The molecule has 0 aromatic carbocycles. The van der Waals surface area contributed by atoms with Gasteiger partial charge in [0.1, 0.15) is 0 Å². The predicted molar refractivity (Wildman–Crippen MR) is 23.6 cm³/mol. The summed E-state index contributed by atoms with van der Waals surface area (Å²) in [6.07, 6.45) is 2.73. The second-order valence-electron chi connectivity index (χ2n) is 1.06. The van der Waals surface area contributed by atoms with E-state index in [0.29, 0.717) is 0 Å². The summed E-state index contributed by atoms with van der Waals surface area (Å²) in [5.74, 6) is 0.0301. The minimum atomic E-state index is 0.0301. The Morgan fingerprint density at radius 2 is 2.57 bits per heavy atom. The Balaban J connectivity index is 3.02. The van der Waals surface area contributed by atoms with E-state index in [4.69, 9.17) is 5.11 Å². The molecule has 1 N–H and O–H groups in total. The van der Waals surface area contributed by atoms with Gasteiger partial charge in [-0.1, -0.05) is 0 Å². The molecular formula is C5H3NO. The minimum absolute atomic E-state index is 0.0301. The van der Waals surface area contributed by atoms with E-state index in [9.17, 15) is 0 Å². The maximum absolute atomic E-state index is 8.48. The quantitative estimate of drug-likeness (QED) is 0.503. The molecule has 0 saturated carbocycles. The second kappa shape index (κ2) is 1.48. The number of hydrogen-bond donors (Lipinski definition) is 1. The fraction of sp³-hybridized carbons (Fsp3) is 0. The number of aromatic nitrogens is 1. The molecule has 0 saturated heterocycles. The zero-order valence-electron chi connectivity index (χ0n) is 3.55. The van der Waals surface area contributed by atoms with E-state index in [1.807, 2.05) is 0 Å². The predicted octanol–water partition coefficient (Wildman–Crippen LogP) is 0.388. The van der Waals surface area contributed by atoms with Gasteiger partial charge in [0.15, 0.2) is 5.75 Å².